The molecule has 0 saturated carbocycles. The fraction of sp³-hybridized carbons (Fsp3) is 0.250. The summed E-state index contributed by atoms with van der Waals surface area (Å²) in [7, 11) is 0. The number of ether oxygens (including phenoxy) is 1. The molecule has 1 aliphatic heterocycles. The van der Waals surface area contributed by atoms with E-state index in [0.717, 1.165) is 15.9 Å². The smallest absolute Gasteiger partial charge is 0.128 e. The Kier molecular flexibility index (Phi) is 3.43. The second-order valence-electron chi connectivity index (χ2n) is 5.45. The highest BCUT2D eigenvalue weighted by atomic mass is 79.9. The standard InChI is InChI=1S/C16H15BrClNO/c1-16(2)15(11-5-3-4-6-14(11)20-16)19-10-7-8-12(17)13(18)9-10/h3-9,15,19H,1-2H3. The summed E-state index contributed by atoms with van der Waals surface area (Å²) in [6.07, 6.45) is 0. The van der Waals surface area contributed by atoms with Gasteiger partial charge in [0.2, 0.25) is 0 Å². The molecule has 2 aromatic rings. The minimum Gasteiger partial charge on any atom is -0.485 e. The van der Waals surface area contributed by atoms with Gasteiger partial charge < -0.3 is 10.1 Å². The number of halogens is 2. The number of nitrogens with one attached hydrogen (secondary N) is 1. The zero-order valence-electron chi connectivity index (χ0n) is 11.3. The molecule has 0 spiro atoms. The summed E-state index contributed by atoms with van der Waals surface area (Å²) in [5.41, 5.74) is 1.86. The maximum atomic E-state index is 6.15. The molecule has 1 heterocycles. The van der Waals surface area contributed by atoms with Crippen molar-refractivity contribution in [3.8, 4) is 5.75 Å². The lowest BCUT2D eigenvalue weighted by molar-refractivity contribution is 0.118. The molecule has 104 valence electrons. The van der Waals surface area contributed by atoms with Gasteiger partial charge in [0.05, 0.1) is 11.1 Å². The van der Waals surface area contributed by atoms with Gasteiger partial charge in [0.15, 0.2) is 0 Å². The van der Waals surface area contributed by atoms with Gasteiger partial charge in [-0.1, -0.05) is 29.8 Å². The zero-order chi connectivity index (χ0) is 14.3. The molecule has 0 radical (unpaired) electrons. The summed E-state index contributed by atoms with van der Waals surface area (Å²) in [5.74, 6) is 0.943. The van der Waals surface area contributed by atoms with E-state index < -0.39 is 0 Å². The highest BCUT2D eigenvalue weighted by Gasteiger charge is 2.40. The largest absolute Gasteiger partial charge is 0.485 e. The maximum Gasteiger partial charge on any atom is 0.128 e. The van der Waals surface area contributed by atoms with E-state index in [-0.39, 0.29) is 11.6 Å². The van der Waals surface area contributed by atoms with Crippen LogP contribution < -0.4 is 10.1 Å². The first-order valence-electron chi connectivity index (χ1n) is 6.47. The van der Waals surface area contributed by atoms with Crippen LogP contribution in [-0.2, 0) is 0 Å². The average molecular weight is 353 g/mol. The minimum atomic E-state index is -0.302. The van der Waals surface area contributed by atoms with Gasteiger partial charge in [-0.25, -0.2) is 0 Å². The van der Waals surface area contributed by atoms with Crippen molar-refractivity contribution in [3.63, 3.8) is 0 Å². The molecule has 3 rings (SSSR count). The molecule has 1 unspecified atom stereocenters. The highest BCUT2D eigenvalue weighted by Crippen LogP contribution is 2.44. The minimum absolute atomic E-state index is 0.0935. The van der Waals surface area contributed by atoms with Crippen molar-refractivity contribution in [2.75, 3.05) is 5.32 Å². The number of fused-ring (bicyclic) bond motifs is 1. The molecule has 2 nitrogen and oxygen atoms in total. The van der Waals surface area contributed by atoms with Crippen LogP contribution in [0.3, 0.4) is 0 Å². The predicted molar refractivity (Wildman–Crippen MR) is 86.7 cm³/mol. The Hall–Kier alpha value is -1.19. The van der Waals surface area contributed by atoms with Crippen LogP contribution in [0.25, 0.3) is 0 Å². The summed E-state index contributed by atoms with van der Waals surface area (Å²) in [5, 5.41) is 4.22. The Morgan fingerprint density at radius 2 is 1.95 bits per heavy atom. The van der Waals surface area contributed by atoms with Gasteiger partial charge in [0, 0.05) is 15.7 Å². The third-order valence-electron chi connectivity index (χ3n) is 3.53. The maximum absolute atomic E-state index is 6.15. The van der Waals surface area contributed by atoms with Crippen molar-refractivity contribution < 1.29 is 4.74 Å². The van der Waals surface area contributed by atoms with Gasteiger partial charge in [-0.05, 0) is 54.0 Å². The van der Waals surface area contributed by atoms with Crippen LogP contribution in [0.5, 0.6) is 5.75 Å². The van der Waals surface area contributed by atoms with E-state index in [1.54, 1.807) is 0 Å². The van der Waals surface area contributed by atoms with E-state index in [1.165, 1.54) is 5.56 Å². The van der Waals surface area contributed by atoms with Crippen molar-refractivity contribution in [3.05, 3.63) is 57.5 Å². The lowest BCUT2D eigenvalue weighted by Crippen LogP contribution is -2.34. The molecular weight excluding hydrogens is 338 g/mol. The Balaban J connectivity index is 1.94. The molecule has 0 aliphatic carbocycles. The van der Waals surface area contributed by atoms with Gasteiger partial charge in [0.1, 0.15) is 11.4 Å². The average Bonchev–Trinajstić information content (AvgIpc) is 2.65. The highest BCUT2D eigenvalue weighted by molar-refractivity contribution is 9.10. The van der Waals surface area contributed by atoms with Crippen LogP contribution in [0.1, 0.15) is 25.5 Å². The van der Waals surface area contributed by atoms with E-state index in [1.807, 2.05) is 36.4 Å². The molecule has 2 aromatic carbocycles. The van der Waals surface area contributed by atoms with Crippen LogP contribution in [-0.4, -0.2) is 5.60 Å². The van der Waals surface area contributed by atoms with Crippen molar-refractivity contribution in [1.29, 1.82) is 0 Å². The summed E-state index contributed by atoms with van der Waals surface area (Å²) < 4.78 is 6.92. The monoisotopic (exact) mass is 351 g/mol. The molecule has 0 amide bonds. The number of hydrogen-bond donors (Lipinski definition) is 1. The third kappa shape index (κ3) is 2.40. The lowest BCUT2D eigenvalue weighted by atomic mass is 9.94. The van der Waals surface area contributed by atoms with E-state index in [9.17, 15) is 0 Å². The van der Waals surface area contributed by atoms with Gasteiger partial charge in [-0.3, -0.25) is 0 Å². The van der Waals surface area contributed by atoms with Crippen LogP contribution >= 0.6 is 27.5 Å². The molecule has 4 heteroatoms. The van der Waals surface area contributed by atoms with Gasteiger partial charge in [-0.2, -0.15) is 0 Å². The Labute approximate surface area is 132 Å². The van der Waals surface area contributed by atoms with Crippen LogP contribution in [0.2, 0.25) is 5.02 Å². The molecule has 1 aliphatic rings. The number of rotatable bonds is 2. The lowest BCUT2D eigenvalue weighted by Gasteiger charge is -2.28. The zero-order valence-corrected chi connectivity index (χ0v) is 13.6. The first-order chi connectivity index (χ1) is 9.47. The second-order valence-corrected chi connectivity index (χ2v) is 6.71. The molecule has 0 bridgehead atoms. The Morgan fingerprint density at radius 3 is 2.70 bits per heavy atom. The quantitative estimate of drug-likeness (QED) is 0.778. The third-order valence-corrected chi connectivity index (χ3v) is 4.76. The fourth-order valence-electron chi connectivity index (χ4n) is 2.53. The predicted octanol–water partition coefficient (Wildman–Crippen LogP) is 5.43. The fourth-order valence-corrected chi connectivity index (χ4v) is 2.96. The van der Waals surface area contributed by atoms with Crippen molar-refractivity contribution in [2.45, 2.75) is 25.5 Å². The molecule has 1 atom stereocenters. The molecule has 1 N–H and O–H groups in total. The molecule has 20 heavy (non-hydrogen) atoms. The van der Waals surface area contributed by atoms with Crippen molar-refractivity contribution >= 4 is 33.2 Å². The van der Waals surface area contributed by atoms with Gasteiger partial charge in [0.25, 0.3) is 0 Å². The summed E-state index contributed by atoms with van der Waals surface area (Å²) >= 11 is 9.56. The number of para-hydroxylation sites is 1. The number of hydrogen-bond acceptors (Lipinski definition) is 2. The first kappa shape index (κ1) is 13.8. The SMILES string of the molecule is CC1(C)Oc2ccccc2C1Nc1ccc(Br)c(Cl)c1. The summed E-state index contributed by atoms with van der Waals surface area (Å²) in [6.45, 7) is 4.18. The van der Waals surface area contributed by atoms with Crippen molar-refractivity contribution in [1.82, 2.24) is 0 Å². The number of anilines is 1. The summed E-state index contributed by atoms with van der Waals surface area (Å²) in [6, 6.07) is 14.1. The Bertz CT molecular complexity index is 657. The van der Waals surface area contributed by atoms with E-state index in [2.05, 4.69) is 41.2 Å². The van der Waals surface area contributed by atoms with E-state index in [0.29, 0.717) is 5.02 Å². The van der Waals surface area contributed by atoms with E-state index >= 15 is 0 Å². The molecule has 0 saturated heterocycles. The van der Waals surface area contributed by atoms with E-state index in [4.69, 9.17) is 16.3 Å². The first-order valence-corrected chi connectivity index (χ1v) is 7.64. The number of benzene rings is 2. The topological polar surface area (TPSA) is 21.3 Å². The summed E-state index contributed by atoms with van der Waals surface area (Å²) in [4.78, 5) is 0. The van der Waals surface area contributed by atoms with Gasteiger partial charge >= 0.3 is 0 Å². The van der Waals surface area contributed by atoms with Crippen LogP contribution in [0, 0.1) is 0 Å². The van der Waals surface area contributed by atoms with Crippen molar-refractivity contribution in [2.24, 2.45) is 0 Å². The normalized spacial score (nSPS) is 19.3. The molecular formula is C16H15BrClNO. The van der Waals surface area contributed by atoms with Crippen LogP contribution in [0.15, 0.2) is 46.9 Å². The van der Waals surface area contributed by atoms with Gasteiger partial charge in [-0.15, -0.1) is 0 Å². The molecule has 0 fully saturated rings. The molecule has 0 aromatic heterocycles. The second kappa shape index (κ2) is 4.97. The van der Waals surface area contributed by atoms with Crippen LogP contribution in [0.4, 0.5) is 5.69 Å². The Morgan fingerprint density at radius 1 is 1.20 bits per heavy atom.